The minimum atomic E-state index is -2.49. The molecule has 0 aliphatic carbocycles. The highest BCUT2D eigenvalue weighted by atomic mass is 15.1. The van der Waals surface area contributed by atoms with Gasteiger partial charge in [0.1, 0.15) is 5.82 Å². The van der Waals surface area contributed by atoms with Crippen molar-refractivity contribution >= 4 is 32.6 Å². The van der Waals surface area contributed by atoms with Gasteiger partial charge in [-0.3, -0.25) is 4.57 Å². The van der Waals surface area contributed by atoms with Gasteiger partial charge in [0.2, 0.25) is 0 Å². The third-order valence-electron chi connectivity index (χ3n) is 8.73. The summed E-state index contributed by atoms with van der Waals surface area (Å²) in [5.41, 5.74) is 5.63. The van der Waals surface area contributed by atoms with E-state index in [4.69, 9.17) is 17.8 Å². The van der Waals surface area contributed by atoms with Crippen LogP contribution in [0, 0.1) is 6.85 Å². The number of para-hydroxylation sites is 2. The Hall–Kier alpha value is -6.25. The highest BCUT2D eigenvalue weighted by molar-refractivity contribution is 6.22. The lowest BCUT2D eigenvalue weighted by Gasteiger charge is -2.19. The lowest BCUT2D eigenvalue weighted by molar-refractivity contribution is 1.00. The van der Waals surface area contributed by atoms with Crippen molar-refractivity contribution in [3.8, 4) is 50.2 Å². The summed E-state index contributed by atoms with van der Waals surface area (Å²) in [6.45, 7) is -2.49. The monoisotopic (exact) mass is 625 g/mol. The Bertz CT molecular complexity index is 3240. The highest BCUT2D eigenvalue weighted by Gasteiger charge is 2.18. The molecule has 2 nitrogen and oxygen atoms in total. The smallest absolute Gasteiger partial charge is 0.111 e. The van der Waals surface area contributed by atoms with Gasteiger partial charge in [-0.25, -0.2) is 4.98 Å². The van der Waals surface area contributed by atoms with Gasteiger partial charge in [-0.1, -0.05) is 139 Å². The van der Waals surface area contributed by atoms with Crippen LogP contribution in [0.3, 0.4) is 0 Å². The first-order valence-electron chi connectivity index (χ1n) is 21.9. The second-order valence-corrected chi connectivity index (χ2v) is 11.4. The summed E-state index contributed by atoms with van der Waals surface area (Å²) in [5.74, 6) is -0.0623. The maximum absolute atomic E-state index is 8.81. The van der Waals surface area contributed by atoms with Crippen LogP contribution in [0.1, 0.15) is 23.6 Å². The molecule has 2 heteroatoms. The molecule has 1 aromatic heterocycles. The van der Waals surface area contributed by atoms with Gasteiger partial charge in [0.05, 0.1) is 24.7 Å². The van der Waals surface area contributed by atoms with Crippen molar-refractivity contribution in [3.63, 3.8) is 0 Å². The van der Waals surface area contributed by atoms with Crippen LogP contribution >= 0.6 is 0 Å². The Morgan fingerprint density at radius 1 is 0.479 bits per heavy atom. The fourth-order valence-corrected chi connectivity index (χ4v) is 6.64. The molecule has 0 spiro atoms. The van der Waals surface area contributed by atoms with Crippen LogP contribution in [-0.4, -0.2) is 9.55 Å². The molecule has 0 aliphatic rings. The van der Waals surface area contributed by atoms with Gasteiger partial charge in [-0.15, -0.1) is 0 Å². The number of aromatic nitrogens is 2. The zero-order valence-electron chi connectivity index (χ0n) is 38.4. The van der Waals surface area contributed by atoms with Crippen LogP contribution in [0.25, 0.3) is 82.8 Å². The molecule has 0 saturated heterocycles. The molecule has 1 heterocycles. The fraction of sp³-hybridized carbons (Fsp3) is 0.0217. The number of benzene rings is 8. The van der Waals surface area contributed by atoms with E-state index in [2.05, 4.69) is 4.98 Å². The molecule has 48 heavy (non-hydrogen) atoms. The van der Waals surface area contributed by atoms with Gasteiger partial charge in [0.25, 0.3) is 0 Å². The Kier molecular flexibility index (Phi) is 4.23. The Labute approximate surface area is 298 Å². The molecule has 0 amide bonds. The van der Waals surface area contributed by atoms with Crippen molar-refractivity contribution in [1.29, 1.82) is 0 Å². The van der Waals surface area contributed by atoms with E-state index in [1.165, 1.54) is 0 Å². The van der Waals surface area contributed by atoms with Gasteiger partial charge >= 0.3 is 0 Å². The van der Waals surface area contributed by atoms with Crippen LogP contribution in [0.2, 0.25) is 0 Å². The van der Waals surface area contributed by atoms with E-state index in [0.29, 0.717) is 44.4 Å². The summed E-state index contributed by atoms with van der Waals surface area (Å²) in [7, 11) is 0. The minimum absolute atomic E-state index is 0.0309. The lowest BCUT2D eigenvalue weighted by atomic mass is 9.84. The van der Waals surface area contributed by atoms with Gasteiger partial charge in [0.15, 0.2) is 0 Å². The first kappa shape index (κ1) is 17.6. The molecule has 0 N–H and O–H groups in total. The van der Waals surface area contributed by atoms with E-state index in [-0.39, 0.29) is 41.1 Å². The topological polar surface area (TPSA) is 17.8 Å². The molecular formula is C46H32N2. The van der Waals surface area contributed by atoms with Crippen LogP contribution in [-0.2, 0) is 0 Å². The Morgan fingerprint density at radius 2 is 1.06 bits per heavy atom. The zero-order valence-corrected chi connectivity index (χ0v) is 25.4. The molecule has 9 aromatic rings. The average Bonchev–Trinajstić information content (AvgIpc) is 3.66. The van der Waals surface area contributed by atoms with Crippen LogP contribution < -0.4 is 0 Å². The van der Waals surface area contributed by atoms with Crippen molar-refractivity contribution in [1.82, 2.24) is 9.55 Å². The number of aryl methyl sites for hydroxylation is 1. The first-order valence-corrected chi connectivity index (χ1v) is 15.4. The number of fused-ring (bicyclic) bond motifs is 3. The number of hydrogen-bond acceptors (Lipinski definition) is 1. The zero-order chi connectivity index (χ0) is 43.2. The highest BCUT2D eigenvalue weighted by Crippen LogP contribution is 2.45. The molecule has 0 radical (unpaired) electrons. The predicted octanol–water partition coefficient (Wildman–Crippen LogP) is 12.3. The van der Waals surface area contributed by atoms with Crippen LogP contribution in [0.5, 0.6) is 0 Å². The van der Waals surface area contributed by atoms with Crippen molar-refractivity contribution in [2.75, 3.05) is 0 Å². The molecule has 0 saturated carbocycles. The lowest BCUT2D eigenvalue weighted by Crippen LogP contribution is -1.97. The molecule has 0 atom stereocenters. The summed E-state index contributed by atoms with van der Waals surface area (Å²) in [4.78, 5) is 4.46. The van der Waals surface area contributed by atoms with E-state index >= 15 is 0 Å². The third kappa shape index (κ3) is 4.70. The largest absolute Gasteiger partial charge is 0.297 e. The van der Waals surface area contributed by atoms with Crippen molar-refractivity contribution in [2.45, 2.75) is 6.85 Å². The van der Waals surface area contributed by atoms with Gasteiger partial charge in [-0.05, 0) is 109 Å². The van der Waals surface area contributed by atoms with Gasteiger partial charge in [0, 0.05) is 9.80 Å². The maximum Gasteiger partial charge on any atom is 0.111 e. The van der Waals surface area contributed by atoms with Crippen molar-refractivity contribution in [2.24, 2.45) is 0 Å². The third-order valence-corrected chi connectivity index (χ3v) is 8.73. The molecule has 0 bridgehead atoms. The van der Waals surface area contributed by atoms with E-state index in [9.17, 15) is 0 Å². The summed E-state index contributed by atoms with van der Waals surface area (Å²) in [6.07, 6.45) is 0. The minimum Gasteiger partial charge on any atom is -0.297 e. The second kappa shape index (κ2) is 11.5. The SMILES string of the molecule is [2H]c1c([2H])c([2H])c(-c2cccc(-c3c4ccccc4c(-c4ccc(-n5c(C([2H])([2H])[2H])nc6ccccc65)cc4)c4ccc(-c5c([2H])c([2H])c([2H])c([2H])c5[2H])cc34)c2)c([2H])c1[2H]. The van der Waals surface area contributed by atoms with E-state index in [1.807, 2.05) is 72.8 Å². The Balaban J connectivity index is 1.34. The van der Waals surface area contributed by atoms with Gasteiger partial charge in [-0.2, -0.15) is 0 Å². The quantitative estimate of drug-likeness (QED) is 0.174. The first-order chi connectivity index (χ1) is 29.1. The fourth-order valence-electron chi connectivity index (χ4n) is 6.64. The van der Waals surface area contributed by atoms with E-state index < -0.39 is 43.1 Å². The molecule has 9 rings (SSSR count). The standard InChI is InChI=1S/C46H32N2/c1-31-47-43-21-10-11-22-44(43)48(31)38-26-23-34(24-27-38)45-39-19-8-9-20-40(39)46(37-18-12-17-35(29-37)32-13-4-2-5-14-32)42-30-36(25-28-41(42)45)33-15-6-3-7-16-33/h2-30H,1H3/i1D3,2D,3D,4D,5D,6D,7D,13D,14D,15D,16D. The maximum atomic E-state index is 8.81. The van der Waals surface area contributed by atoms with E-state index in [0.717, 1.165) is 27.3 Å². The summed E-state index contributed by atoms with van der Waals surface area (Å²) < 4.78 is 111. The van der Waals surface area contributed by atoms with Crippen molar-refractivity contribution in [3.05, 3.63) is 182 Å². The summed E-state index contributed by atoms with van der Waals surface area (Å²) in [6, 6.07) is 30.8. The molecular weight excluding hydrogens is 581 g/mol. The van der Waals surface area contributed by atoms with Crippen molar-refractivity contribution < 1.29 is 17.8 Å². The molecule has 8 aromatic carbocycles. The number of rotatable bonds is 5. The number of hydrogen-bond donors (Lipinski definition) is 0. The van der Waals surface area contributed by atoms with Crippen LogP contribution in [0.4, 0.5) is 0 Å². The van der Waals surface area contributed by atoms with Gasteiger partial charge < -0.3 is 0 Å². The predicted molar refractivity (Wildman–Crippen MR) is 203 cm³/mol. The van der Waals surface area contributed by atoms with E-state index in [1.54, 1.807) is 47.0 Å². The Morgan fingerprint density at radius 3 is 1.77 bits per heavy atom. The average molecular weight is 626 g/mol. The summed E-state index contributed by atoms with van der Waals surface area (Å²) in [5, 5.41) is 3.04. The number of nitrogens with zero attached hydrogens (tertiary/aromatic N) is 2. The summed E-state index contributed by atoms with van der Waals surface area (Å²) >= 11 is 0. The number of imidazole rings is 1. The molecule has 0 unspecified atom stereocenters. The molecule has 0 fully saturated rings. The normalized spacial score (nSPS) is 15.5. The molecule has 0 aliphatic heterocycles. The second-order valence-electron chi connectivity index (χ2n) is 11.4. The van der Waals surface area contributed by atoms with Crippen LogP contribution in [0.15, 0.2) is 176 Å². The molecule has 226 valence electrons.